The van der Waals surface area contributed by atoms with E-state index in [0.717, 1.165) is 11.0 Å². The van der Waals surface area contributed by atoms with Crippen LogP contribution in [-0.2, 0) is 14.2 Å². The van der Waals surface area contributed by atoms with Gasteiger partial charge in [-0.1, -0.05) is 12.1 Å². The van der Waals surface area contributed by atoms with Gasteiger partial charge in [-0.05, 0) is 38.1 Å². The summed E-state index contributed by atoms with van der Waals surface area (Å²) < 4.78 is 29.1. The van der Waals surface area contributed by atoms with Crippen molar-refractivity contribution in [3.05, 3.63) is 36.4 Å². The molecule has 2 atom stereocenters. The normalized spacial score (nSPS) is 22.1. The number of hydrogen-bond donors (Lipinski definition) is 0. The first kappa shape index (κ1) is 19.8. The van der Waals surface area contributed by atoms with E-state index in [1.807, 2.05) is 50.2 Å². The standard InChI is InChI=1S/C22H26N2O5/c1-15-13-26-11-9-25-10-12-27-14-16(2)29-20-8-4-6-18-22(20)24-21-17(23-18)5-3-7-19(21)28-15/h3-8,15-16H,9-14H2,1-2H3. The van der Waals surface area contributed by atoms with Gasteiger partial charge in [0.05, 0.1) is 50.7 Å². The zero-order valence-electron chi connectivity index (χ0n) is 16.8. The van der Waals surface area contributed by atoms with Gasteiger partial charge in [0.15, 0.2) is 0 Å². The fraction of sp³-hybridized carbons (Fsp3) is 0.455. The number of benzene rings is 2. The summed E-state index contributed by atoms with van der Waals surface area (Å²) in [6.07, 6.45) is -0.265. The Hall–Kier alpha value is -2.48. The van der Waals surface area contributed by atoms with E-state index in [-0.39, 0.29) is 12.2 Å². The third kappa shape index (κ3) is 4.93. The van der Waals surface area contributed by atoms with Gasteiger partial charge in [-0.25, -0.2) is 9.97 Å². The molecule has 7 heteroatoms. The second-order valence-corrected chi connectivity index (χ2v) is 7.09. The average molecular weight is 398 g/mol. The lowest BCUT2D eigenvalue weighted by Crippen LogP contribution is -2.22. The zero-order valence-corrected chi connectivity index (χ0v) is 16.8. The highest BCUT2D eigenvalue weighted by molar-refractivity contribution is 5.92. The van der Waals surface area contributed by atoms with Crippen molar-refractivity contribution in [1.29, 1.82) is 0 Å². The summed E-state index contributed by atoms with van der Waals surface area (Å²) in [6.45, 7) is 6.92. The van der Waals surface area contributed by atoms with Crippen molar-refractivity contribution in [1.82, 2.24) is 9.97 Å². The number of rotatable bonds is 0. The summed E-state index contributed by atoms with van der Waals surface area (Å²) in [5, 5.41) is 0. The van der Waals surface area contributed by atoms with Crippen molar-refractivity contribution in [2.75, 3.05) is 39.6 Å². The van der Waals surface area contributed by atoms with E-state index in [0.29, 0.717) is 62.2 Å². The molecule has 0 fully saturated rings. The Bertz CT molecular complexity index is 891. The molecule has 3 aromatic rings. The maximum absolute atomic E-state index is 6.11. The number of aromatic nitrogens is 2. The maximum Gasteiger partial charge on any atom is 0.147 e. The Morgan fingerprint density at radius 3 is 1.66 bits per heavy atom. The summed E-state index contributed by atoms with van der Waals surface area (Å²) in [7, 11) is 0. The van der Waals surface area contributed by atoms with Crippen LogP contribution in [0.5, 0.6) is 11.5 Å². The highest BCUT2D eigenvalue weighted by atomic mass is 16.6. The zero-order chi connectivity index (χ0) is 20.1. The van der Waals surface area contributed by atoms with Gasteiger partial charge in [-0.2, -0.15) is 0 Å². The van der Waals surface area contributed by atoms with E-state index in [1.165, 1.54) is 0 Å². The highest BCUT2D eigenvalue weighted by Crippen LogP contribution is 2.30. The van der Waals surface area contributed by atoms with Gasteiger partial charge in [0.1, 0.15) is 34.7 Å². The van der Waals surface area contributed by atoms with Gasteiger partial charge in [-0.15, -0.1) is 0 Å². The number of para-hydroxylation sites is 2. The molecule has 2 aromatic carbocycles. The summed E-state index contributed by atoms with van der Waals surface area (Å²) in [6, 6.07) is 11.5. The van der Waals surface area contributed by atoms with Crippen LogP contribution >= 0.6 is 0 Å². The van der Waals surface area contributed by atoms with E-state index >= 15 is 0 Å². The van der Waals surface area contributed by atoms with E-state index < -0.39 is 0 Å². The van der Waals surface area contributed by atoms with Crippen LogP contribution in [0.15, 0.2) is 36.4 Å². The largest absolute Gasteiger partial charge is 0.486 e. The Morgan fingerprint density at radius 1 is 0.655 bits per heavy atom. The fourth-order valence-electron chi connectivity index (χ4n) is 3.20. The fourth-order valence-corrected chi connectivity index (χ4v) is 3.20. The minimum absolute atomic E-state index is 0.133. The molecule has 1 aliphatic heterocycles. The number of nitrogens with zero attached hydrogens (tertiary/aromatic N) is 2. The van der Waals surface area contributed by atoms with Crippen LogP contribution in [0.2, 0.25) is 0 Å². The first-order chi connectivity index (χ1) is 14.2. The molecule has 29 heavy (non-hydrogen) atoms. The van der Waals surface area contributed by atoms with Gasteiger partial charge < -0.3 is 23.7 Å². The van der Waals surface area contributed by atoms with Crippen molar-refractivity contribution in [2.24, 2.45) is 0 Å². The molecule has 1 aliphatic rings. The molecule has 0 saturated heterocycles. The van der Waals surface area contributed by atoms with Crippen molar-refractivity contribution < 1.29 is 23.7 Å². The van der Waals surface area contributed by atoms with Crippen LogP contribution < -0.4 is 9.47 Å². The smallest absolute Gasteiger partial charge is 0.147 e. The second kappa shape index (κ2) is 9.35. The van der Waals surface area contributed by atoms with Crippen molar-refractivity contribution >= 4 is 22.1 Å². The molecule has 2 heterocycles. The van der Waals surface area contributed by atoms with Crippen molar-refractivity contribution in [2.45, 2.75) is 26.1 Å². The molecule has 0 aliphatic carbocycles. The lowest BCUT2D eigenvalue weighted by molar-refractivity contribution is -0.0114. The monoisotopic (exact) mass is 398 g/mol. The van der Waals surface area contributed by atoms with Gasteiger partial charge in [0, 0.05) is 0 Å². The minimum Gasteiger partial charge on any atom is -0.486 e. The SMILES string of the molecule is CC1COCCOCCOCC(C)Oc2cccc3nc4cccc(c4nc23)O1. The van der Waals surface area contributed by atoms with Gasteiger partial charge in [0.25, 0.3) is 0 Å². The third-order valence-corrected chi connectivity index (χ3v) is 4.53. The molecule has 2 bridgehead atoms. The van der Waals surface area contributed by atoms with Crippen LogP contribution in [0.4, 0.5) is 0 Å². The molecule has 0 N–H and O–H groups in total. The average Bonchev–Trinajstić information content (AvgIpc) is 2.71. The van der Waals surface area contributed by atoms with Crippen LogP contribution in [0.3, 0.4) is 0 Å². The molecule has 7 nitrogen and oxygen atoms in total. The Labute approximate surface area is 169 Å². The Morgan fingerprint density at radius 2 is 1.14 bits per heavy atom. The highest BCUT2D eigenvalue weighted by Gasteiger charge is 2.15. The molecule has 1 aromatic heterocycles. The van der Waals surface area contributed by atoms with E-state index in [9.17, 15) is 0 Å². The lowest BCUT2D eigenvalue weighted by Gasteiger charge is -2.18. The minimum atomic E-state index is -0.133. The summed E-state index contributed by atoms with van der Waals surface area (Å²) in [5.74, 6) is 1.35. The van der Waals surface area contributed by atoms with E-state index in [1.54, 1.807) is 0 Å². The van der Waals surface area contributed by atoms with Crippen molar-refractivity contribution in [3.8, 4) is 11.5 Å². The number of hydrogen-bond acceptors (Lipinski definition) is 7. The first-order valence-corrected chi connectivity index (χ1v) is 9.97. The maximum atomic E-state index is 6.11. The predicted octanol–water partition coefficient (Wildman–Crippen LogP) is 3.38. The Kier molecular flexibility index (Phi) is 6.39. The van der Waals surface area contributed by atoms with Crippen molar-refractivity contribution in [3.63, 3.8) is 0 Å². The van der Waals surface area contributed by atoms with Crippen LogP contribution in [0.1, 0.15) is 13.8 Å². The molecule has 2 unspecified atom stereocenters. The van der Waals surface area contributed by atoms with Crippen LogP contribution in [-0.4, -0.2) is 61.8 Å². The molecule has 154 valence electrons. The van der Waals surface area contributed by atoms with Crippen LogP contribution in [0.25, 0.3) is 22.1 Å². The van der Waals surface area contributed by atoms with E-state index in [4.69, 9.17) is 33.7 Å². The van der Waals surface area contributed by atoms with Gasteiger partial charge in [0.2, 0.25) is 0 Å². The molecule has 0 amide bonds. The summed E-state index contributed by atoms with van der Waals surface area (Å²) >= 11 is 0. The first-order valence-electron chi connectivity index (χ1n) is 9.97. The molecular formula is C22H26N2O5. The van der Waals surface area contributed by atoms with Crippen LogP contribution in [0, 0.1) is 0 Å². The second-order valence-electron chi connectivity index (χ2n) is 7.09. The van der Waals surface area contributed by atoms with Gasteiger partial charge in [-0.3, -0.25) is 0 Å². The van der Waals surface area contributed by atoms with E-state index in [2.05, 4.69) is 0 Å². The molecule has 0 spiro atoms. The molecule has 0 saturated carbocycles. The number of ether oxygens (including phenoxy) is 5. The summed E-state index contributed by atoms with van der Waals surface area (Å²) in [4.78, 5) is 9.62. The summed E-state index contributed by atoms with van der Waals surface area (Å²) in [5.41, 5.74) is 2.96. The predicted molar refractivity (Wildman–Crippen MR) is 110 cm³/mol. The molecule has 4 rings (SSSR count). The third-order valence-electron chi connectivity index (χ3n) is 4.53. The molecule has 0 radical (unpaired) electrons. The lowest BCUT2D eigenvalue weighted by atomic mass is 10.2. The molecular weight excluding hydrogens is 372 g/mol. The van der Waals surface area contributed by atoms with Gasteiger partial charge >= 0.3 is 0 Å². The quantitative estimate of drug-likeness (QED) is 0.538. The topological polar surface area (TPSA) is 71.9 Å². The Balaban J connectivity index is 1.71.